The van der Waals surface area contributed by atoms with Crippen molar-refractivity contribution in [2.45, 2.75) is 44.7 Å². The lowest BCUT2D eigenvalue weighted by Gasteiger charge is -2.21. The van der Waals surface area contributed by atoms with Gasteiger partial charge in [0, 0.05) is 42.7 Å². The lowest BCUT2D eigenvalue weighted by atomic mass is 10.0. The lowest BCUT2D eigenvalue weighted by Crippen LogP contribution is -2.43. The third-order valence-corrected chi connectivity index (χ3v) is 7.03. The standard InChI is InChI=1S/C25H25FN6O2/c1-14-23(31-33)17(11-21-24(14)27-15(2)34-21)18-3-4-20-19(28-18)5-6-22(29-20)32-10-7-16(12-32)30-25(13-26)8-9-25/h3-6,11,16,30H,7-10,12-13H2,1-2H3. The molecule has 0 spiro atoms. The Bertz CT molecular complexity index is 1430. The summed E-state index contributed by atoms with van der Waals surface area (Å²) in [7, 11) is 0. The van der Waals surface area contributed by atoms with Crippen LogP contribution >= 0.6 is 0 Å². The van der Waals surface area contributed by atoms with Crippen LogP contribution in [0.5, 0.6) is 0 Å². The number of fused-ring (bicyclic) bond motifs is 2. The maximum Gasteiger partial charge on any atom is 0.192 e. The van der Waals surface area contributed by atoms with E-state index in [-0.39, 0.29) is 18.3 Å². The summed E-state index contributed by atoms with van der Waals surface area (Å²) in [4.78, 5) is 27.9. The molecule has 1 aliphatic heterocycles. The summed E-state index contributed by atoms with van der Waals surface area (Å²) in [6.07, 6.45) is 2.82. The number of aryl methyl sites for hydroxylation is 2. The highest BCUT2D eigenvalue weighted by Gasteiger charge is 2.45. The molecule has 0 bridgehead atoms. The Balaban J connectivity index is 1.30. The zero-order chi connectivity index (χ0) is 23.4. The van der Waals surface area contributed by atoms with E-state index in [0.717, 1.165) is 49.2 Å². The molecule has 6 rings (SSSR count). The van der Waals surface area contributed by atoms with Crippen LogP contribution in [0.2, 0.25) is 0 Å². The second-order valence-electron chi connectivity index (χ2n) is 9.46. The van der Waals surface area contributed by atoms with Crippen LogP contribution in [0.15, 0.2) is 39.9 Å². The highest BCUT2D eigenvalue weighted by molar-refractivity contribution is 5.92. The summed E-state index contributed by atoms with van der Waals surface area (Å²) < 4.78 is 19.0. The molecule has 1 aromatic carbocycles. The molecule has 1 unspecified atom stereocenters. The van der Waals surface area contributed by atoms with Crippen molar-refractivity contribution in [1.82, 2.24) is 20.3 Å². The minimum atomic E-state index is -0.296. The summed E-state index contributed by atoms with van der Waals surface area (Å²) in [6.45, 7) is 4.99. The molecular weight excluding hydrogens is 435 g/mol. The van der Waals surface area contributed by atoms with Gasteiger partial charge in [0.1, 0.15) is 23.7 Å². The van der Waals surface area contributed by atoms with E-state index in [1.165, 1.54) is 0 Å². The van der Waals surface area contributed by atoms with Crippen LogP contribution in [0.25, 0.3) is 33.4 Å². The van der Waals surface area contributed by atoms with Gasteiger partial charge in [0.25, 0.3) is 0 Å². The molecule has 1 atom stereocenters. The maximum atomic E-state index is 13.3. The monoisotopic (exact) mass is 460 g/mol. The molecule has 1 saturated heterocycles. The smallest absolute Gasteiger partial charge is 0.192 e. The number of nitrogens with one attached hydrogen (secondary N) is 1. The zero-order valence-corrected chi connectivity index (χ0v) is 19.1. The van der Waals surface area contributed by atoms with Gasteiger partial charge in [0.05, 0.1) is 16.7 Å². The molecule has 2 aliphatic rings. The van der Waals surface area contributed by atoms with Crippen molar-refractivity contribution in [2.24, 2.45) is 5.18 Å². The summed E-state index contributed by atoms with van der Waals surface area (Å²) in [5, 5.41) is 6.78. The number of hydrogen-bond donors (Lipinski definition) is 1. The van der Waals surface area contributed by atoms with Gasteiger partial charge in [-0.2, -0.15) is 0 Å². The first-order valence-electron chi connectivity index (χ1n) is 11.6. The molecule has 0 radical (unpaired) electrons. The Morgan fingerprint density at radius 1 is 1.18 bits per heavy atom. The van der Waals surface area contributed by atoms with Crippen LogP contribution in [0.3, 0.4) is 0 Å². The van der Waals surface area contributed by atoms with E-state index in [9.17, 15) is 9.30 Å². The topological polar surface area (TPSA) is 96.5 Å². The first-order valence-corrected chi connectivity index (χ1v) is 11.6. The van der Waals surface area contributed by atoms with Gasteiger partial charge in [-0.25, -0.2) is 19.3 Å². The number of alkyl halides is 1. The highest BCUT2D eigenvalue weighted by Crippen LogP contribution is 2.39. The SMILES string of the molecule is Cc1nc2c(C)c(N=O)c(-c3ccc4nc(N5CCC(NC6(CF)CC6)C5)ccc4n3)cc2o1. The maximum absolute atomic E-state index is 13.3. The van der Waals surface area contributed by atoms with Crippen LogP contribution in [-0.2, 0) is 0 Å². The molecule has 174 valence electrons. The minimum Gasteiger partial charge on any atom is -0.441 e. The normalized spacial score (nSPS) is 19.3. The average Bonchev–Trinajstić information content (AvgIpc) is 3.27. The molecule has 4 heterocycles. The van der Waals surface area contributed by atoms with Crippen LogP contribution in [0.1, 0.15) is 30.7 Å². The van der Waals surface area contributed by atoms with E-state index in [1.54, 1.807) is 13.0 Å². The van der Waals surface area contributed by atoms with Gasteiger partial charge in [-0.1, -0.05) is 0 Å². The second kappa shape index (κ2) is 7.80. The molecule has 9 heteroatoms. The van der Waals surface area contributed by atoms with Crippen molar-refractivity contribution in [2.75, 3.05) is 24.7 Å². The molecule has 4 aromatic rings. The Morgan fingerprint density at radius 2 is 1.97 bits per heavy atom. The fourth-order valence-corrected chi connectivity index (χ4v) is 4.95. The molecule has 1 saturated carbocycles. The number of anilines is 1. The van der Waals surface area contributed by atoms with Gasteiger partial charge in [-0.15, -0.1) is 4.91 Å². The van der Waals surface area contributed by atoms with Gasteiger partial charge < -0.3 is 14.6 Å². The van der Waals surface area contributed by atoms with Crippen molar-refractivity contribution in [3.05, 3.63) is 46.7 Å². The van der Waals surface area contributed by atoms with E-state index < -0.39 is 0 Å². The van der Waals surface area contributed by atoms with Crippen LogP contribution in [-0.4, -0.2) is 46.3 Å². The summed E-state index contributed by atoms with van der Waals surface area (Å²) in [5.74, 6) is 1.42. The summed E-state index contributed by atoms with van der Waals surface area (Å²) in [5.41, 5.74) is 4.69. The molecule has 8 nitrogen and oxygen atoms in total. The van der Waals surface area contributed by atoms with E-state index in [0.29, 0.717) is 39.5 Å². The Kier molecular flexibility index (Phi) is 4.84. The Labute approximate surface area is 195 Å². The Morgan fingerprint density at radius 3 is 2.74 bits per heavy atom. The number of aromatic nitrogens is 3. The lowest BCUT2D eigenvalue weighted by molar-refractivity contribution is 0.332. The molecule has 0 amide bonds. The quantitative estimate of drug-likeness (QED) is 0.399. The van der Waals surface area contributed by atoms with E-state index in [4.69, 9.17) is 14.4 Å². The number of nitrogens with zero attached hydrogens (tertiary/aromatic N) is 5. The molecule has 34 heavy (non-hydrogen) atoms. The van der Waals surface area contributed by atoms with Gasteiger partial charge in [0.2, 0.25) is 0 Å². The summed E-state index contributed by atoms with van der Waals surface area (Å²) >= 11 is 0. The zero-order valence-electron chi connectivity index (χ0n) is 19.1. The predicted molar refractivity (Wildman–Crippen MR) is 129 cm³/mol. The highest BCUT2D eigenvalue weighted by atomic mass is 19.1. The molecule has 1 N–H and O–H groups in total. The second-order valence-corrected chi connectivity index (χ2v) is 9.46. The van der Waals surface area contributed by atoms with Crippen LogP contribution < -0.4 is 10.2 Å². The number of nitroso groups, excluding NO2 is 1. The van der Waals surface area contributed by atoms with Gasteiger partial charge >= 0.3 is 0 Å². The third kappa shape index (κ3) is 3.51. The van der Waals surface area contributed by atoms with Crippen LogP contribution in [0.4, 0.5) is 15.9 Å². The number of halogens is 1. The van der Waals surface area contributed by atoms with Gasteiger partial charge in [-0.3, -0.25) is 0 Å². The predicted octanol–water partition coefficient (Wildman–Crippen LogP) is 5.12. The summed E-state index contributed by atoms with van der Waals surface area (Å²) in [6, 6.07) is 9.74. The fraction of sp³-hybridized carbons (Fsp3) is 0.400. The van der Waals surface area contributed by atoms with Gasteiger partial charge in [0.15, 0.2) is 11.5 Å². The van der Waals surface area contributed by atoms with Crippen molar-refractivity contribution in [1.29, 1.82) is 0 Å². The molecular formula is C25H25FN6O2. The van der Waals surface area contributed by atoms with Crippen molar-refractivity contribution >= 4 is 33.6 Å². The Hall–Kier alpha value is -3.46. The van der Waals surface area contributed by atoms with E-state index in [2.05, 4.69) is 20.4 Å². The first-order chi connectivity index (χ1) is 16.5. The first kappa shape index (κ1) is 21.1. The fourth-order valence-electron chi connectivity index (χ4n) is 4.95. The van der Waals surface area contributed by atoms with E-state index >= 15 is 0 Å². The number of hydrogen-bond acceptors (Lipinski definition) is 8. The van der Waals surface area contributed by atoms with E-state index in [1.807, 2.05) is 31.2 Å². The number of pyridine rings is 2. The van der Waals surface area contributed by atoms with Crippen molar-refractivity contribution in [3.8, 4) is 11.3 Å². The van der Waals surface area contributed by atoms with Crippen molar-refractivity contribution < 1.29 is 8.81 Å². The van der Waals surface area contributed by atoms with Crippen molar-refractivity contribution in [3.63, 3.8) is 0 Å². The minimum absolute atomic E-state index is 0.279. The molecule has 1 aliphatic carbocycles. The number of benzene rings is 1. The molecule has 2 fully saturated rings. The third-order valence-electron chi connectivity index (χ3n) is 7.03. The average molecular weight is 461 g/mol. The number of rotatable bonds is 6. The van der Waals surface area contributed by atoms with Crippen LogP contribution in [0, 0.1) is 18.8 Å². The van der Waals surface area contributed by atoms with Gasteiger partial charge in [-0.05, 0) is 61.7 Å². The molecule has 3 aromatic heterocycles. The number of oxazole rings is 1. The largest absolute Gasteiger partial charge is 0.441 e.